The molecule has 5 nitrogen and oxygen atoms in total. The normalized spacial score (nSPS) is 12.0. The van der Waals surface area contributed by atoms with E-state index in [2.05, 4.69) is 10.6 Å². The predicted molar refractivity (Wildman–Crippen MR) is 84.6 cm³/mol. The second kappa shape index (κ2) is 8.42. The minimum Gasteiger partial charge on any atom is -0.352 e. The van der Waals surface area contributed by atoms with Crippen LogP contribution >= 0.6 is 0 Å². The highest BCUT2D eigenvalue weighted by Crippen LogP contribution is 2.12. The summed E-state index contributed by atoms with van der Waals surface area (Å²) in [5, 5.41) is 5.69. The zero-order valence-corrected chi connectivity index (χ0v) is 13.0. The first-order valence-corrected chi connectivity index (χ1v) is 7.29. The van der Waals surface area contributed by atoms with Crippen LogP contribution in [0.2, 0.25) is 0 Å². The van der Waals surface area contributed by atoms with Crippen LogP contribution in [0.1, 0.15) is 32.8 Å². The zero-order valence-electron chi connectivity index (χ0n) is 13.0. The molecule has 0 saturated heterocycles. The molecule has 1 aromatic rings. The largest absolute Gasteiger partial charge is 0.352 e. The Labute approximate surface area is 126 Å². The summed E-state index contributed by atoms with van der Waals surface area (Å²) in [6, 6.07) is 7.47. The molecular weight excluding hydrogens is 266 g/mol. The number of benzene rings is 1. The lowest BCUT2D eigenvalue weighted by Gasteiger charge is -2.11. The first kappa shape index (κ1) is 17.2. The fourth-order valence-electron chi connectivity index (χ4n) is 1.81. The maximum atomic E-state index is 11.7. The van der Waals surface area contributed by atoms with Crippen LogP contribution in [0.3, 0.4) is 0 Å². The Morgan fingerprint density at radius 2 is 1.95 bits per heavy atom. The van der Waals surface area contributed by atoms with Crippen LogP contribution < -0.4 is 16.4 Å². The maximum absolute atomic E-state index is 11.7. The molecule has 0 saturated carbocycles. The Bertz CT molecular complexity index is 486. The number of anilines is 1. The van der Waals surface area contributed by atoms with Crippen LogP contribution in [0.15, 0.2) is 24.3 Å². The van der Waals surface area contributed by atoms with Gasteiger partial charge in [0, 0.05) is 31.1 Å². The fraction of sp³-hybridized carbons (Fsp3) is 0.500. The molecule has 0 spiro atoms. The van der Waals surface area contributed by atoms with E-state index in [0.717, 1.165) is 11.3 Å². The summed E-state index contributed by atoms with van der Waals surface area (Å²) in [5.41, 5.74) is 7.14. The molecule has 0 fully saturated rings. The highest BCUT2D eigenvalue weighted by molar-refractivity contribution is 5.90. The topological polar surface area (TPSA) is 84.2 Å². The summed E-state index contributed by atoms with van der Waals surface area (Å²) >= 11 is 0. The molecule has 116 valence electrons. The van der Waals surface area contributed by atoms with Gasteiger partial charge in [-0.25, -0.2) is 0 Å². The predicted octanol–water partition coefficient (Wildman–Crippen LogP) is 1.88. The maximum Gasteiger partial charge on any atom is 0.224 e. The van der Waals surface area contributed by atoms with E-state index in [-0.39, 0.29) is 17.7 Å². The van der Waals surface area contributed by atoms with Gasteiger partial charge in [-0.15, -0.1) is 0 Å². The first-order chi connectivity index (χ1) is 9.92. The quantitative estimate of drug-likeness (QED) is 0.717. The Hall–Kier alpha value is -1.88. The third-order valence-corrected chi connectivity index (χ3v) is 3.07. The molecule has 1 unspecified atom stereocenters. The summed E-state index contributed by atoms with van der Waals surface area (Å²) in [6.45, 7) is 6.56. The Morgan fingerprint density at radius 1 is 1.24 bits per heavy atom. The third kappa shape index (κ3) is 6.40. The molecule has 0 aliphatic carbocycles. The van der Waals surface area contributed by atoms with E-state index in [0.29, 0.717) is 25.4 Å². The van der Waals surface area contributed by atoms with Gasteiger partial charge < -0.3 is 16.4 Å². The lowest BCUT2D eigenvalue weighted by molar-refractivity contribution is -0.124. The van der Waals surface area contributed by atoms with E-state index in [1.807, 2.05) is 38.1 Å². The highest BCUT2D eigenvalue weighted by atomic mass is 16.2. The van der Waals surface area contributed by atoms with Crippen molar-refractivity contribution in [3.05, 3.63) is 29.8 Å². The number of nitrogens with two attached hydrogens (primary N) is 1. The number of hydrogen-bond donors (Lipinski definition) is 3. The molecule has 2 amide bonds. The lowest BCUT2D eigenvalue weighted by atomic mass is 10.1. The molecule has 0 aliphatic rings. The number of carbonyl (C=O) groups is 2. The minimum absolute atomic E-state index is 0.00272. The highest BCUT2D eigenvalue weighted by Gasteiger charge is 2.10. The SMILES string of the molecule is CC(C)CC(=O)Nc1cccc(CNC(=O)C(C)CN)c1. The Morgan fingerprint density at radius 3 is 2.57 bits per heavy atom. The summed E-state index contributed by atoms with van der Waals surface area (Å²) in [6.07, 6.45) is 0.495. The summed E-state index contributed by atoms with van der Waals surface area (Å²) in [4.78, 5) is 23.4. The van der Waals surface area contributed by atoms with Crippen LogP contribution in [0.25, 0.3) is 0 Å². The standard InChI is InChI=1S/C16H25N3O2/c1-11(2)7-15(20)19-14-6-4-5-13(8-14)10-18-16(21)12(3)9-17/h4-6,8,11-12H,7,9-10,17H2,1-3H3,(H,18,21)(H,19,20). The molecule has 1 atom stereocenters. The van der Waals surface area contributed by atoms with E-state index in [1.54, 1.807) is 6.92 Å². The van der Waals surface area contributed by atoms with Crippen LogP contribution in [0, 0.1) is 11.8 Å². The van der Waals surface area contributed by atoms with Crippen molar-refractivity contribution < 1.29 is 9.59 Å². The second-order valence-corrected chi connectivity index (χ2v) is 5.70. The van der Waals surface area contributed by atoms with Gasteiger partial charge in [-0.05, 0) is 23.6 Å². The molecule has 0 aromatic heterocycles. The van der Waals surface area contributed by atoms with Crippen LogP contribution in [0.5, 0.6) is 0 Å². The summed E-state index contributed by atoms with van der Waals surface area (Å²) in [5.74, 6) is 0.0684. The van der Waals surface area contributed by atoms with Crippen molar-refractivity contribution in [1.82, 2.24) is 5.32 Å². The molecule has 0 bridgehead atoms. The molecule has 5 heteroatoms. The van der Waals surface area contributed by atoms with Crippen molar-refractivity contribution in [3.63, 3.8) is 0 Å². The third-order valence-electron chi connectivity index (χ3n) is 3.07. The summed E-state index contributed by atoms with van der Waals surface area (Å²) < 4.78 is 0. The molecule has 1 aromatic carbocycles. The molecule has 21 heavy (non-hydrogen) atoms. The van der Waals surface area contributed by atoms with E-state index in [1.165, 1.54) is 0 Å². The number of hydrogen-bond acceptors (Lipinski definition) is 3. The van der Waals surface area contributed by atoms with E-state index < -0.39 is 0 Å². The van der Waals surface area contributed by atoms with Gasteiger partial charge in [0.05, 0.1) is 0 Å². The Balaban J connectivity index is 2.56. The monoisotopic (exact) mass is 291 g/mol. The fourth-order valence-corrected chi connectivity index (χ4v) is 1.81. The Kier molecular flexibility index (Phi) is 6.88. The van der Waals surface area contributed by atoms with E-state index in [4.69, 9.17) is 5.73 Å². The second-order valence-electron chi connectivity index (χ2n) is 5.70. The van der Waals surface area contributed by atoms with Gasteiger partial charge in [0.1, 0.15) is 0 Å². The van der Waals surface area contributed by atoms with Crippen LogP contribution in [-0.2, 0) is 16.1 Å². The smallest absolute Gasteiger partial charge is 0.224 e. The van der Waals surface area contributed by atoms with Gasteiger partial charge in [0.15, 0.2) is 0 Å². The van der Waals surface area contributed by atoms with E-state index in [9.17, 15) is 9.59 Å². The first-order valence-electron chi connectivity index (χ1n) is 7.29. The van der Waals surface area contributed by atoms with Crippen molar-refractivity contribution in [3.8, 4) is 0 Å². The molecular formula is C16H25N3O2. The average molecular weight is 291 g/mol. The lowest BCUT2D eigenvalue weighted by Crippen LogP contribution is -2.32. The number of nitrogens with one attached hydrogen (secondary N) is 2. The minimum atomic E-state index is -0.195. The van der Waals surface area contributed by atoms with Gasteiger partial charge in [0.25, 0.3) is 0 Å². The van der Waals surface area contributed by atoms with Crippen molar-refractivity contribution in [2.45, 2.75) is 33.7 Å². The van der Waals surface area contributed by atoms with Gasteiger partial charge in [0.2, 0.25) is 11.8 Å². The van der Waals surface area contributed by atoms with Gasteiger partial charge in [-0.2, -0.15) is 0 Å². The average Bonchev–Trinajstić information content (AvgIpc) is 2.43. The number of amides is 2. The molecule has 4 N–H and O–H groups in total. The van der Waals surface area contributed by atoms with Gasteiger partial charge in [-0.1, -0.05) is 32.9 Å². The molecule has 0 radical (unpaired) electrons. The molecule has 0 heterocycles. The van der Waals surface area contributed by atoms with Crippen molar-refractivity contribution >= 4 is 17.5 Å². The molecule has 1 rings (SSSR count). The summed E-state index contributed by atoms with van der Waals surface area (Å²) in [7, 11) is 0. The van der Waals surface area contributed by atoms with Gasteiger partial charge >= 0.3 is 0 Å². The molecule has 0 aliphatic heterocycles. The van der Waals surface area contributed by atoms with E-state index >= 15 is 0 Å². The van der Waals surface area contributed by atoms with Crippen molar-refractivity contribution in [2.75, 3.05) is 11.9 Å². The van der Waals surface area contributed by atoms with Crippen molar-refractivity contribution in [1.29, 1.82) is 0 Å². The zero-order chi connectivity index (χ0) is 15.8. The van der Waals surface area contributed by atoms with Crippen LogP contribution in [-0.4, -0.2) is 18.4 Å². The number of carbonyl (C=O) groups excluding carboxylic acids is 2. The van der Waals surface area contributed by atoms with Crippen LogP contribution in [0.4, 0.5) is 5.69 Å². The van der Waals surface area contributed by atoms with Gasteiger partial charge in [-0.3, -0.25) is 9.59 Å². The number of rotatable bonds is 7. The van der Waals surface area contributed by atoms with Crippen molar-refractivity contribution in [2.24, 2.45) is 17.6 Å².